The molecule has 0 radical (unpaired) electrons. The van der Waals surface area contributed by atoms with E-state index in [1.165, 1.54) is 0 Å². The molecule has 0 saturated heterocycles. The molecule has 102 valence electrons. The maximum Gasteiger partial charge on any atom is 0.254 e. The van der Waals surface area contributed by atoms with E-state index in [9.17, 15) is 14.4 Å². The van der Waals surface area contributed by atoms with Crippen molar-refractivity contribution in [3.8, 4) is 0 Å². The minimum Gasteiger partial charge on any atom is -0.368 e. The van der Waals surface area contributed by atoms with Crippen molar-refractivity contribution in [1.29, 1.82) is 0 Å². The van der Waals surface area contributed by atoms with Gasteiger partial charge < -0.3 is 16.4 Å². The van der Waals surface area contributed by atoms with Crippen LogP contribution < -0.4 is 11.5 Å². The summed E-state index contributed by atoms with van der Waals surface area (Å²) >= 11 is 5.68. The third-order valence-corrected chi connectivity index (χ3v) is 2.62. The van der Waals surface area contributed by atoms with E-state index < -0.39 is 17.7 Å². The highest BCUT2D eigenvalue weighted by Gasteiger charge is 2.19. The zero-order valence-electron chi connectivity index (χ0n) is 10.1. The van der Waals surface area contributed by atoms with Crippen LogP contribution in [0.3, 0.4) is 0 Å². The fourth-order valence-corrected chi connectivity index (χ4v) is 1.71. The lowest BCUT2D eigenvalue weighted by atomic mass is 10.1. The van der Waals surface area contributed by atoms with Crippen LogP contribution in [0.4, 0.5) is 0 Å². The molecule has 1 aromatic rings. The van der Waals surface area contributed by atoms with Gasteiger partial charge in [0.25, 0.3) is 5.91 Å². The van der Waals surface area contributed by atoms with Crippen molar-refractivity contribution in [1.82, 2.24) is 4.90 Å². The summed E-state index contributed by atoms with van der Waals surface area (Å²) in [6, 6.07) is 6.58. The second-order valence-corrected chi connectivity index (χ2v) is 4.20. The van der Waals surface area contributed by atoms with Crippen LogP contribution in [0.25, 0.3) is 0 Å². The molecule has 0 unspecified atom stereocenters. The van der Waals surface area contributed by atoms with Gasteiger partial charge >= 0.3 is 0 Å². The lowest BCUT2D eigenvalue weighted by Crippen LogP contribution is -2.43. The van der Waals surface area contributed by atoms with Gasteiger partial charge in [-0.25, -0.2) is 0 Å². The molecule has 0 aliphatic carbocycles. The molecular weight excluding hydrogens is 270 g/mol. The van der Waals surface area contributed by atoms with E-state index in [1.807, 2.05) is 0 Å². The number of rotatable bonds is 6. The average Bonchev–Trinajstić information content (AvgIpc) is 2.36. The Bertz CT molecular complexity index is 489. The van der Waals surface area contributed by atoms with Crippen molar-refractivity contribution >= 4 is 29.3 Å². The zero-order chi connectivity index (χ0) is 14.4. The van der Waals surface area contributed by atoms with Gasteiger partial charge in [-0.3, -0.25) is 14.4 Å². The van der Waals surface area contributed by atoms with E-state index in [1.54, 1.807) is 24.3 Å². The average molecular weight is 284 g/mol. The Morgan fingerprint density at radius 1 is 1.11 bits per heavy atom. The second-order valence-electron chi connectivity index (χ2n) is 3.93. The van der Waals surface area contributed by atoms with Crippen LogP contribution >= 0.6 is 11.6 Å². The lowest BCUT2D eigenvalue weighted by Gasteiger charge is -2.19. The van der Waals surface area contributed by atoms with Crippen molar-refractivity contribution in [2.75, 3.05) is 13.1 Å². The predicted molar refractivity (Wildman–Crippen MR) is 70.3 cm³/mol. The summed E-state index contributed by atoms with van der Waals surface area (Å²) in [6.07, 6.45) is 0. The van der Waals surface area contributed by atoms with Gasteiger partial charge in [-0.15, -0.1) is 11.6 Å². The smallest absolute Gasteiger partial charge is 0.254 e. The van der Waals surface area contributed by atoms with Crippen LogP contribution in [0.1, 0.15) is 15.9 Å². The monoisotopic (exact) mass is 283 g/mol. The number of hydrogen-bond donors (Lipinski definition) is 2. The van der Waals surface area contributed by atoms with Gasteiger partial charge in [0.15, 0.2) is 0 Å². The van der Waals surface area contributed by atoms with Gasteiger partial charge in [0.1, 0.15) is 13.1 Å². The number of alkyl halides is 1. The molecule has 7 heteroatoms. The number of nitrogens with zero attached hydrogens (tertiary/aromatic N) is 1. The van der Waals surface area contributed by atoms with Gasteiger partial charge in [-0.05, 0) is 17.7 Å². The minimum atomic E-state index is -0.719. The first-order valence-corrected chi connectivity index (χ1v) is 5.98. The highest BCUT2D eigenvalue weighted by atomic mass is 35.5. The van der Waals surface area contributed by atoms with Crippen LogP contribution in [0.15, 0.2) is 24.3 Å². The van der Waals surface area contributed by atoms with Crippen LogP contribution in [0.2, 0.25) is 0 Å². The largest absolute Gasteiger partial charge is 0.368 e. The van der Waals surface area contributed by atoms with Gasteiger partial charge in [-0.2, -0.15) is 0 Å². The molecule has 19 heavy (non-hydrogen) atoms. The van der Waals surface area contributed by atoms with Crippen molar-refractivity contribution in [3.63, 3.8) is 0 Å². The molecule has 0 fully saturated rings. The maximum atomic E-state index is 12.2. The molecular formula is C12H14ClN3O3. The molecule has 1 aromatic carbocycles. The van der Waals surface area contributed by atoms with Crippen molar-refractivity contribution in [2.45, 2.75) is 5.88 Å². The lowest BCUT2D eigenvalue weighted by molar-refractivity contribution is -0.121. The summed E-state index contributed by atoms with van der Waals surface area (Å²) in [6.45, 7) is -0.736. The number of nitrogens with two attached hydrogens (primary N) is 2. The fourth-order valence-electron chi connectivity index (χ4n) is 1.55. The topological polar surface area (TPSA) is 106 Å². The summed E-state index contributed by atoms with van der Waals surface area (Å²) in [5.74, 6) is -1.68. The first-order valence-electron chi connectivity index (χ1n) is 5.45. The van der Waals surface area contributed by atoms with E-state index in [-0.39, 0.29) is 19.0 Å². The Morgan fingerprint density at radius 2 is 1.68 bits per heavy atom. The van der Waals surface area contributed by atoms with E-state index in [0.29, 0.717) is 5.56 Å². The van der Waals surface area contributed by atoms with Crippen LogP contribution in [0, 0.1) is 0 Å². The highest BCUT2D eigenvalue weighted by Crippen LogP contribution is 2.10. The SMILES string of the molecule is NC(=O)CN(CC(N)=O)C(=O)c1cccc(CCl)c1. The van der Waals surface area contributed by atoms with Crippen LogP contribution in [-0.2, 0) is 15.5 Å². The Hall–Kier alpha value is -2.08. The number of halogens is 1. The number of carbonyl (C=O) groups excluding carboxylic acids is 3. The standard InChI is InChI=1S/C12H14ClN3O3/c13-5-8-2-1-3-9(4-8)12(19)16(6-10(14)17)7-11(15)18/h1-4H,5-7H2,(H2,14,17)(H2,15,18). The van der Waals surface area contributed by atoms with E-state index >= 15 is 0 Å². The molecule has 1 rings (SSSR count). The van der Waals surface area contributed by atoms with Crippen LogP contribution in [0.5, 0.6) is 0 Å². The maximum absolute atomic E-state index is 12.2. The Morgan fingerprint density at radius 3 is 2.16 bits per heavy atom. The number of hydrogen-bond acceptors (Lipinski definition) is 3. The zero-order valence-corrected chi connectivity index (χ0v) is 10.9. The summed E-state index contributed by atoms with van der Waals surface area (Å²) in [5.41, 5.74) is 11.1. The quantitative estimate of drug-likeness (QED) is 0.708. The molecule has 0 bridgehead atoms. The third kappa shape index (κ3) is 4.59. The van der Waals surface area contributed by atoms with Crippen molar-refractivity contribution < 1.29 is 14.4 Å². The number of primary amides is 2. The third-order valence-electron chi connectivity index (χ3n) is 2.31. The Kier molecular flexibility index (Phi) is 5.32. The van der Waals surface area contributed by atoms with E-state index in [4.69, 9.17) is 23.1 Å². The fraction of sp³-hybridized carbons (Fsp3) is 0.250. The van der Waals surface area contributed by atoms with Gasteiger partial charge in [-0.1, -0.05) is 12.1 Å². The molecule has 3 amide bonds. The molecule has 0 spiro atoms. The number of amides is 3. The van der Waals surface area contributed by atoms with Gasteiger partial charge in [0.2, 0.25) is 11.8 Å². The van der Waals surface area contributed by atoms with Gasteiger partial charge in [0.05, 0.1) is 0 Å². The predicted octanol–water partition coefficient (Wildman–Crippen LogP) is -0.162. The summed E-state index contributed by atoms with van der Waals surface area (Å²) < 4.78 is 0. The van der Waals surface area contributed by atoms with Crippen molar-refractivity contribution in [3.05, 3.63) is 35.4 Å². The number of benzene rings is 1. The number of carbonyl (C=O) groups is 3. The molecule has 0 atom stereocenters. The summed E-state index contributed by atoms with van der Waals surface area (Å²) in [5, 5.41) is 0. The van der Waals surface area contributed by atoms with E-state index in [0.717, 1.165) is 10.5 Å². The molecule has 0 aliphatic rings. The highest BCUT2D eigenvalue weighted by molar-refractivity contribution is 6.17. The molecule has 0 heterocycles. The molecule has 0 saturated carbocycles. The van der Waals surface area contributed by atoms with Crippen LogP contribution in [-0.4, -0.2) is 35.7 Å². The van der Waals surface area contributed by atoms with Crippen molar-refractivity contribution in [2.24, 2.45) is 11.5 Å². The Labute approximate surface area is 115 Å². The first-order chi connectivity index (χ1) is 8.93. The molecule has 6 nitrogen and oxygen atoms in total. The van der Waals surface area contributed by atoms with E-state index in [2.05, 4.69) is 0 Å². The summed E-state index contributed by atoms with van der Waals surface area (Å²) in [4.78, 5) is 35.0. The first kappa shape index (κ1) is 15.0. The normalized spacial score (nSPS) is 9.95. The van der Waals surface area contributed by atoms with Gasteiger partial charge in [0, 0.05) is 11.4 Å². The summed E-state index contributed by atoms with van der Waals surface area (Å²) in [7, 11) is 0. The molecule has 0 aliphatic heterocycles. The Balaban J connectivity index is 2.96. The minimum absolute atomic E-state index is 0.257. The molecule has 4 N–H and O–H groups in total. The molecule has 0 aromatic heterocycles. The second kappa shape index (κ2) is 6.75.